The fourth-order valence-electron chi connectivity index (χ4n) is 2.97. The molecule has 1 aliphatic rings. The van der Waals surface area contributed by atoms with E-state index in [0.29, 0.717) is 5.56 Å². The number of amides is 1. The molecule has 27 heavy (non-hydrogen) atoms. The zero-order valence-electron chi connectivity index (χ0n) is 16.0. The summed E-state index contributed by atoms with van der Waals surface area (Å²) < 4.78 is 1.90. The lowest BCUT2D eigenvalue weighted by molar-refractivity contribution is 0.102. The summed E-state index contributed by atoms with van der Waals surface area (Å²) in [6.07, 6.45) is 8.52. The molecule has 3 aromatic rings. The number of imidazole rings is 1. The number of pyridine rings is 2. The Hall–Kier alpha value is -2.99. The van der Waals surface area contributed by atoms with Crippen LogP contribution in [0.25, 0.3) is 11.2 Å². The van der Waals surface area contributed by atoms with E-state index in [1.54, 1.807) is 6.20 Å². The number of hydrogen-bond acceptors (Lipinski definition) is 4. The highest BCUT2D eigenvalue weighted by Gasteiger charge is 2.10. The van der Waals surface area contributed by atoms with Gasteiger partial charge >= 0.3 is 0 Å². The molecule has 0 saturated carbocycles. The number of aromatic nitrogens is 3. The molecular formula is C21H25N5O. The molecular weight excluding hydrogens is 338 g/mol. The van der Waals surface area contributed by atoms with Crippen molar-refractivity contribution in [1.82, 2.24) is 19.7 Å². The average Bonchev–Trinajstić information content (AvgIpc) is 3.09. The van der Waals surface area contributed by atoms with Gasteiger partial charge in [-0.2, -0.15) is 0 Å². The van der Waals surface area contributed by atoms with E-state index in [1.165, 1.54) is 5.57 Å². The van der Waals surface area contributed by atoms with Crippen LogP contribution in [0.2, 0.25) is 0 Å². The summed E-state index contributed by atoms with van der Waals surface area (Å²) in [4.78, 5) is 21.3. The van der Waals surface area contributed by atoms with Gasteiger partial charge in [-0.3, -0.25) is 9.78 Å². The molecule has 2 N–H and O–H groups in total. The molecule has 3 aromatic heterocycles. The molecule has 0 unspecified atom stereocenters. The van der Waals surface area contributed by atoms with Gasteiger partial charge < -0.3 is 15.0 Å². The molecule has 6 heteroatoms. The van der Waals surface area contributed by atoms with Crippen molar-refractivity contribution in [1.29, 1.82) is 0 Å². The van der Waals surface area contributed by atoms with Gasteiger partial charge in [-0.25, -0.2) is 4.98 Å². The van der Waals surface area contributed by atoms with Crippen LogP contribution in [0.1, 0.15) is 42.0 Å². The number of rotatable bonds is 3. The standard InChI is InChI=1S/C19H19N5O.C2H6/c1-13-11-24-12-16(3-5-18(24)22-13)23-19(25)15-2-4-17(21-10-15)14-6-8-20-9-7-14;1-2/h2-6,10-12,20H,7-9H2,1H3,(H,23,25);1-2H3. The molecule has 0 saturated heterocycles. The smallest absolute Gasteiger partial charge is 0.257 e. The van der Waals surface area contributed by atoms with E-state index in [4.69, 9.17) is 0 Å². The Morgan fingerprint density at radius 1 is 1.19 bits per heavy atom. The second-order valence-corrected chi connectivity index (χ2v) is 6.14. The van der Waals surface area contributed by atoms with E-state index in [0.717, 1.165) is 42.2 Å². The number of fused-ring (bicyclic) bond motifs is 1. The molecule has 1 aliphatic heterocycles. The first-order valence-corrected chi connectivity index (χ1v) is 9.32. The summed E-state index contributed by atoms with van der Waals surface area (Å²) in [5.74, 6) is -0.172. The lowest BCUT2D eigenvalue weighted by Crippen LogP contribution is -2.20. The van der Waals surface area contributed by atoms with Gasteiger partial charge in [-0.1, -0.05) is 19.9 Å². The summed E-state index contributed by atoms with van der Waals surface area (Å²) in [5.41, 5.74) is 5.23. The Kier molecular flexibility index (Phi) is 5.98. The first-order chi connectivity index (χ1) is 13.2. The Morgan fingerprint density at radius 2 is 2.04 bits per heavy atom. The van der Waals surface area contributed by atoms with E-state index >= 15 is 0 Å². The number of nitrogens with one attached hydrogen (secondary N) is 2. The maximum absolute atomic E-state index is 12.4. The normalized spacial score (nSPS) is 13.5. The fraction of sp³-hybridized carbons (Fsp3) is 0.286. The molecule has 4 rings (SSSR count). The molecule has 4 heterocycles. The quantitative estimate of drug-likeness (QED) is 0.744. The zero-order valence-corrected chi connectivity index (χ0v) is 16.0. The minimum Gasteiger partial charge on any atom is -0.321 e. The number of hydrogen-bond donors (Lipinski definition) is 2. The Bertz CT molecular complexity index is 956. The van der Waals surface area contributed by atoms with Gasteiger partial charge in [0.15, 0.2) is 0 Å². The second kappa shape index (κ2) is 8.60. The van der Waals surface area contributed by atoms with Crippen molar-refractivity contribution in [3.63, 3.8) is 0 Å². The molecule has 0 fully saturated rings. The average molecular weight is 363 g/mol. The topological polar surface area (TPSA) is 71.3 Å². The van der Waals surface area contributed by atoms with Gasteiger partial charge in [0.2, 0.25) is 0 Å². The zero-order chi connectivity index (χ0) is 19.2. The van der Waals surface area contributed by atoms with Crippen molar-refractivity contribution in [3.05, 3.63) is 65.9 Å². The molecule has 6 nitrogen and oxygen atoms in total. The van der Waals surface area contributed by atoms with Crippen molar-refractivity contribution in [2.24, 2.45) is 0 Å². The summed E-state index contributed by atoms with van der Waals surface area (Å²) in [6, 6.07) is 7.46. The van der Waals surface area contributed by atoms with Crippen molar-refractivity contribution in [3.8, 4) is 0 Å². The highest BCUT2D eigenvalue weighted by molar-refractivity contribution is 6.04. The third-order valence-corrected chi connectivity index (χ3v) is 4.25. The highest BCUT2D eigenvalue weighted by atomic mass is 16.1. The van der Waals surface area contributed by atoms with Gasteiger partial charge in [-0.15, -0.1) is 0 Å². The first kappa shape index (κ1) is 18.8. The van der Waals surface area contributed by atoms with E-state index < -0.39 is 0 Å². The van der Waals surface area contributed by atoms with Crippen LogP contribution < -0.4 is 10.6 Å². The van der Waals surface area contributed by atoms with Crippen molar-refractivity contribution in [2.45, 2.75) is 27.2 Å². The predicted octanol–water partition coefficient (Wildman–Crippen LogP) is 3.69. The van der Waals surface area contributed by atoms with Crippen LogP contribution in [0.15, 0.2) is 48.9 Å². The van der Waals surface area contributed by atoms with Crippen molar-refractivity contribution < 1.29 is 4.79 Å². The van der Waals surface area contributed by atoms with Gasteiger partial charge in [0, 0.05) is 25.1 Å². The first-order valence-electron chi connectivity index (χ1n) is 9.32. The van der Waals surface area contributed by atoms with Crippen molar-refractivity contribution in [2.75, 3.05) is 18.4 Å². The fourth-order valence-corrected chi connectivity index (χ4v) is 2.97. The number of carbonyl (C=O) groups is 1. The lowest BCUT2D eigenvalue weighted by atomic mass is 10.0. The minimum atomic E-state index is -0.172. The summed E-state index contributed by atoms with van der Waals surface area (Å²) >= 11 is 0. The maximum atomic E-state index is 12.4. The monoisotopic (exact) mass is 363 g/mol. The van der Waals surface area contributed by atoms with Gasteiger partial charge in [0.1, 0.15) is 5.65 Å². The molecule has 1 amide bonds. The molecule has 0 bridgehead atoms. The Balaban J connectivity index is 0.00000102. The Labute approximate surface area is 159 Å². The molecule has 0 aliphatic carbocycles. The summed E-state index contributed by atoms with van der Waals surface area (Å²) in [7, 11) is 0. The highest BCUT2D eigenvalue weighted by Crippen LogP contribution is 2.18. The third kappa shape index (κ3) is 4.41. The van der Waals surface area contributed by atoms with Gasteiger partial charge in [-0.05, 0) is 49.7 Å². The van der Waals surface area contributed by atoms with E-state index in [1.807, 2.05) is 61.8 Å². The van der Waals surface area contributed by atoms with Gasteiger partial charge in [0.25, 0.3) is 5.91 Å². The van der Waals surface area contributed by atoms with Gasteiger partial charge in [0.05, 0.1) is 22.6 Å². The second-order valence-electron chi connectivity index (χ2n) is 6.14. The van der Waals surface area contributed by atoms with E-state index in [-0.39, 0.29) is 5.91 Å². The van der Waals surface area contributed by atoms with Crippen LogP contribution in [0.3, 0.4) is 0 Å². The molecule has 0 aromatic carbocycles. The molecule has 0 atom stereocenters. The number of carbonyl (C=O) groups excluding carboxylic acids is 1. The van der Waals surface area contributed by atoms with Crippen LogP contribution in [0.5, 0.6) is 0 Å². The minimum absolute atomic E-state index is 0.172. The molecule has 0 spiro atoms. The van der Waals surface area contributed by atoms with E-state index in [9.17, 15) is 4.79 Å². The Morgan fingerprint density at radius 3 is 2.74 bits per heavy atom. The predicted molar refractivity (Wildman–Crippen MR) is 109 cm³/mol. The summed E-state index contributed by atoms with van der Waals surface area (Å²) in [6.45, 7) is 7.78. The largest absolute Gasteiger partial charge is 0.321 e. The number of nitrogens with zero attached hydrogens (tertiary/aromatic N) is 3. The SMILES string of the molecule is CC.Cc1cn2cc(NC(=O)c3ccc(C4=CCNCC4)nc3)ccc2n1. The lowest BCUT2D eigenvalue weighted by Gasteiger charge is -2.13. The maximum Gasteiger partial charge on any atom is 0.257 e. The molecule has 0 radical (unpaired) electrons. The van der Waals surface area contributed by atoms with Crippen LogP contribution in [0, 0.1) is 6.92 Å². The third-order valence-electron chi connectivity index (χ3n) is 4.25. The summed E-state index contributed by atoms with van der Waals surface area (Å²) in [5, 5.41) is 6.19. The van der Waals surface area contributed by atoms with Crippen LogP contribution in [0.4, 0.5) is 5.69 Å². The van der Waals surface area contributed by atoms with Crippen LogP contribution in [-0.4, -0.2) is 33.4 Å². The molecule has 140 valence electrons. The number of anilines is 1. The number of aryl methyl sites for hydroxylation is 1. The van der Waals surface area contributed by atoms with Crippen LogP contribution >= 0.6 is 0 Å². The van der Waals surface area contributed by atoms with E-state index in [2.05, 4.69) is 26.7 Å². The van der Waals surface area contributed by atoms with Crippen molar-refractivity contribution >= 4 is 22.8 Å². The van der Waals surface area contributed by atoms with Crippen LogP contribution in [-0.2, 0) is 0 Å².